The zero-order valence-corrected chi connectivity index (χ0v) is 17.0. The molecule has 1 aromatic carbocycles. The van der Waals surface area contributed by atoms with Gasteiger partial charge >= 0.3 is 6.18 Å². The Morgan fingerprint density at radius 3 is 2.31 bits per heavy atom. The lowest BCUT2D eigenvalue weighted by Gasteiger charge is -2.42. The summed E-state index contributed by atoms with van der Waals surface area (Å²) in [7, 11) is 0. The summed E-state index contributed by atoms with van der Waals surface area (Å²) in [5.74, 6) is 0.641. The van der Waals surface area contributed by atoms with Crippen molar-refractivity contribution in [3.63, 3.8) is 0 Å². The molecule has 29 heavy (non-hydrogen) atoms. The highest BCUT2D eigenvalue weighted by Crippen LogP contribution is 2.31. The van der Waals surface area contributed by atoms with Gasteiger partial charge in [0.15, 0.2) is 0 Å². The van der Waals surface area contributed by atoms with Crippen LogP contribution in [-0.4, -0.2) is 33.7 Å². The Morgan fingerprint density at radius 1 is 1.03 bits per heavy atom. The fraction of sp³-hybridized carbons (Fsp3) is 0.591. The fourth-order valence-electron chi connectivity index (χ4n) is 4.78. The minimum Gasteiger partial charge on any atom is -0.342 e. The van der Waals surface area contributed by atoms with Gasteiger partial charge in [-0.15, -0.1) is 0 Å². The van der Waals surface area contributed by atoms with Gasteiger partial charge in [0.05, 0.1) is 24.7 Å². The molecule has 1 saturated heterocycles. The standard InChI is InChI=1S/C22H30F3N4/c1-16-20(15-29(13-5-2-6-14-29)28-19-7-3-4-8-19)27-21(26-16)17-9-11-18(12-10-17)22(23,24)25/h9-12,19,28H,2-8,13-15H2,1H3,(H,26,27)/q+1. The average Bonchev–Trinajstić information content (AvgIpc) is 3.32. The number of hydrogen-bond acceptors (Lipinski definition) is 2. The summed E-state index contributed by atoms with van der Waals surface area (Å²) in [6.45, 7) is 5.04. The number of imidazole rings is 1. The summed E-state index contributed by atoms with van der Waals surface area (Å²) in [4.78, 5) is 8.08. The lowest BCUT2D eigenvalue weighted by Crippen LogP contribution is -2.62. The molecule has 4 rings (SSSR count). The van der Waals surface area contributed by atoms with E-state index in [1.165, 1.54) is 57.1 Å². The second-order valence-corrected chi connectivity index (χ2v) is 8.65. The molecule has 2 aliphatic rings. The molecule has 2 aromatic rings. The zero-order valence-electron chi connectivity index (χ0n) is 17.0. The highest BCUT2D eigenvalue weighted by Gasteiger charge is 2.35. The fourth-order valence-corrected chi connectivity index (χ4v) is 4.78. The molecule has 4 nitrogen and oxygen atoms in total. The first-order valence-electron chi connectivity index (χ1n) is 10.7. The molecule has 0 radical (unpaired) electrons. The van der Waals surface area contributed by atoms with Gasteiger partial charge in [0.1, 0.15) is 18.1 Å². The lowest BCUT2D eigenvalue weighted by atomic mass is 10.1. The quantitative estimate of drug-likeness (QED) is 0.656. The van der Waals surface area contributed by atoms with E-state index in [0.717, 1.165) is 47.7 Å². The molecule has 1 aliphatic carbocycles. The van der Waals surface area contributed by atoms with Crippen LogP contribution in [0.2, 0.25) is 0 Å². The number of hydrogen-bond donors (Lipinski definition) is 2. The van der Waals surface area contributed by atoms with Crippen molar-refractivity contribution in [2.45, 2.75) is 70.6 Å². The molecule has 2 heterocycles. The number of quaternary nitrogens is 1. The third kappa shape index (κ3) is 4.67. The van der Waals surface area contributed by atoms with E-state index in [4.69, 9.17) is 4.98 Å². The Bertz CT molecular complexity index is 814. The molecule has 1 aromatic heterocycles. The van der Waals surface area contributed by atoms with Crippen molar-refractivity contribution in [2.24, 2.45) is 0 Å². The SMILES string of the molecule is Cc1[nH]c(-c2ccc(C(F)(F)F)cc2)nc1C[N+]1(NC2CCCC2)CCCCC1. The van der Waals surface area contributed by atoms with Crippen molar-refractivity contribution in [1.82, 2.24) is 15.4 Å². The molecule has 2 fully saturated rings. The summed E-state index contributed by atoms with van der Waals surface area (Å²) >= 11 is 0. The first-order valence-corrected chi connectivity index (χ1v) is 10.7. The molecule has 0 spiro atoms. The van der Waals surface area contributed by atoms with Gasteiger partial charge in [-0.2, -0.15) is 18.6 Å². The van der Waals surface area contributed by atoms with Crippen LogP contribution < -0.4 is 5.43 Å². The number of halogens is 3. The molecule has 0 unspecified atom stereocenters. The predicted octanol–water partition coefficient (Wildman–Crippen LogP) is 5.35. The smallest absolute Gasteiger partial charge is 0.342 e. The molecule has 2 N–H and O–H groups in total. The van der Waals surface area contributed by atoms with Gasteiger partial charge in [-0.3, -0.25) is 0 Å². The first-order chi connectivity index (χ1) is 13.8. The topological polar surface area (TPSA) is 40.7 Å². The molecule has 0 amide bonds. The summed E-state index contributed by atoms with van der Waals surface area (Å²) in [6, 6.07) is 5.81. The van der Waals surface area contributed by atoms with E-state index < -0.39 is 11.7 Å². The van der Waals surface area contributed by atoms with Crippen molar-refractivity contribution in [2.75, 3.05) is 13.1 Å². The van der Waals surface area contributed by atoms with Crippen LogP contribution in [0, 0.1) is 6.92 Å². The molecule has 158 valence electrons. The van der Waals surface area contributed by atoms with E-state index in [2.05, 4.69) is 10.4 Å². The van der Waals surface area contributed by atoms with E-state index in [0.29, 0.717) is 17.4 Å². The van der Waals surface area contributed by atoms with Crippen molar-refractivity contribution in [3.05, 3.63) is 41.2 Å². The van der Waals surface area contributed by atoms with Crippen molar-refractivity contribution < 1.29 is 17.8 Å². The molecular weight excluding hydrogens is 377 g/mol. The average molecular weight is 408 g/mol. The summed E-state index contributed by atoms with van der Waals surface area (Å²) in [5.41, 5.74) is 5.99. The van der Waals surface area contributed by atoms with Gasteiger partial charge in [0, 0.05) is 11.3 Å². The number of nitrogens with zero attached hydrogens (tertiary/aromatic N) is 2. The monoisotopic (exact) mass is 407 g/mol. The minimum absolute atomic E-state index is 0.585. The number of aryl methyl sites for hydroxylation is 1. The Hall–Kier alpha value is -1.86. The maximum Gasteiger partial charge on any atom is 0.416 e. The number of nitrogens with one attached hydrogen (secondary N) is 2. The van der Waals surface area contributed by atoms with Gasteiger partial charge in [-0.25, -0.2) is 9.58 Å². The highest BCUT2D eigenvalue weighted by atomic mass is 19.4. The maximum atomic E-state index is 12.8. The molecule has 1 saturated carbocycles. The summed E-state index contributed by atoms with van der Waals surface area (Å²) in [5, 5.41) is 0. The number of H-pyrrole nitrogens is 1. The van der Waals surface area contributed by atoms with E-state index in [-0.39, 0.29) is 0 Å². The van der Waals surface area contributed by atoms with Gasteiger partial charge < -0.3 is 4.98 Å². The van der Waals surface area contributed by atoms with Crippen LogP contribution in [0.25, 0.3) is 11.4 Å². The molecule has 0 atom stereocenters. The third-order valence-electron chi connectivity index (χ3n) is 6.41. The van der Waals surface area contributed by atoms with Crippen LogP contribution in [0.1, 0.15) is 61.9 Å². The number of aromatic amines is 1. The van der Waals surface area contributed by atoms with Gasteiger partial charge in [-0.1, -0.05) is 25.0 Å². The first kappa shape index (κ1) is 20.4. The van der Waals surface area contributed by atoms with Crippen LogP contribution in [0.5, 0.6) is 0 Å². The Morgan fingerprint density at radius 2 is 1.69 bits per heavy atom. The van der Waals surface area contributed by atoms with Crippen LogP contribution in [0.15, 0.2) is 24.3 Å². The number of benzene rings is 1. The third-order valence-corrected chi connectivity index (χ3v) is 6.41. The van der Waals surface area contributed by atoms with Gasteiger partial charge in [0.2, 0.25) is 0 Å². The van der Waals surface area contributed by atoms with Crippen LogP contribution in [0.3, 0.4) is 0 Å². The number of aromatic nitrogens is 2. The van der Waals surface area contributed by atoms with Gasteiger partial charge in [0.25, 0.3) is 0 Å². The number of alkyl halides is 3. The largest absolute Gasteiger partial charge is 0.416 e. The molecule has 7 heteroatoms. The number of likely N-dealkylation sites (tertiary alicyclic amines) is 1. The normalized spacial score (nSPS) is 20.3. The van der Waals surface area contributed by atoms with E-state index in [1.807, 2.05) is 6.92 Å². The van der Waals surface area contributed by atoms with Crippen LogP contribution in [0.4, 0.5) is 13.2 Å². The second-order valence-electron chi connectivity index (χ2n) is 8.65. The number of piperidine rings is 1. The summed E-state index contributed by atoms with van der Waals surface area (Å²) in [6.07, 6.45) is 4.49. The predicted molar refractivity (Wildman–Crippen MR) is 107 cm³/mol. The van der Waals surface area contributed by atoms with E-state index >= 15 is 0 Å². The van der Waals surface area contributed by atoms with Crippen LogP contribution >= 0.6 is 0 Å². The second kappa shape index (κ2) is 8.11. The van der Waals surface area contributed by atoms with Crippen molar-refractivity contribution >= 4 is 0 Å². The highest BCUT2D eigenvalue weighted by molar-refractivity contribution is 5.56. The molecular formula is C22H30F3N4+. The molecule has 0 bridgehead atoms. The van der Waals surface area contributed by atoms with E-state index in [9.17, 15) is 13.2 Å². The Labute approximate surface area is 170 Å². The Kier molecular flexibility index (Phi) is 5.71. The van der Waals surface area contributed by atoms with E-state index in [1.54, 1.807) is 0 Å². The lowest BCUT2D eigenvalue weighted by molar-refractivity contribution is -0.988. The summed E-state index contributed by atoms with van der Waals surface area (Å²) < 4.78 is 39.4. The minimum atomic E-state index is -4.32. The molecule has 1 aliphatic heterocycles. The van der Waals surface area contributed by atoms with Crippen molar-refractivity contribution in [1.29, 1.82) is 0 Å². The van der Waals surface area contributed by atoms with Crippen LogP contribution in [-0.2, 0) is 12.7 Å². The number of rotatable bonds is 5. The maximum absolute atomic E-state index is 12.8. The van der Waals surface area contributed by atoms with Crippen molar-refractivity contribution in [3.8, 4) is 11.4 Å². The zero-order chi connectivity index (χ0) is 20.5. The Balaban J connectivity index is 1.54. The van der Waals surface area contributed by atoms with Gasteiger partial charge in [-0.05, 0) is 51.2 Å².